The molecule has 1 aliphatic rings. The molecule has 1 fully saturated rings. The molecule has 0 unspecified atom stereocenters. The number of nitrogens with two attached hydrogens (primary N) is 1. The molecule has 0 aromatic rings. The second kappa shape index (κ2) is 4.55. The Morgan fingerprint density at radius 2 is 1.71 bits per heavy atom. The Labute approximate surface area is 104 Å². The van der Waals surface area contributed by atoms with E-state index in [1.54, 1.807) is 0 Å². The van der Waals surface area contributed by atoms with Gasteiger partial charge in [-0.2, -0.15) is 5.17 Å². The molecule has 17 heavy (non-hydrogen) atoms. The highest BCUT2D eigenvalue weighted by Crippen LogP contribution is 2.38. The average molecular weight is 243 g/mol. The maximum atomic E-state index is 11.1. The number of carbonyl (C=O) groups excluding carboxylic acids is 1. The lowest BCUT2D eigenvalue weighted by molar-refractivity contribution is -0.228. The zero-order valence-corrected chi connectivity index (χ0v) is 11.8. The molecule has 1 heterocycles. The minimum absolute atomic E-state index is 0.0231. The lowest BCUT2D eigenvalue weighted by Gasteiger charge is -2.53. The molecule has 2 N–H and O–H groups in total. The first kappa shape index (κ1) is 14.4. The number of piperidine rings is 1. The van der Waals surface area contributed by atoms with Gasteiger partial charge in [0.05, 0.1) is 6.10 Å². The Kier molecular flexibility index (Phi) is 3.86. The number of carbonyl (C=O) groups is 1. The van der Waals surface area contributed by atoms with Crippen LogP contribution >= 0.6 is 0 Å². The summed E-state index contributed by atoms with van der Waals surface area (Å²) < 4.78 is 0. The van der Waals surface area contributed by atoms with Crippen molar-refractivity contribution in [3.63, 3.8) is 0 Å². The third-order valence-electron chi connectivity index (χ3n) is 3.84. The van der Waals surface area contributed by atoms with Crippen LogP contribution in [0.15, 0.2) is 0 Å². The van der Waals surface area contributed by atoms with E-state index in [4.69, 9.17) is 10.7 Å². The molecule has 0 aliphatic carbocycles. The van der Waals surface area contributed by atoms with Crippen molar-refractivity contribution in [3.8, 4) is 0 Å². The largest absolute Gasteiger partial charge is 0.296 e. The number of likely N-dealkylation sites (tertiary alicyclic amines) is 1. The van der Waals surface area contributed by atoms with Gasteiger partial charge in [-0.3, -0.25) is 14.5 Å². The SMILES string of the molecule is CC(=O)N(N)OC1CC(C)(C)N(C)C(C)(C)C1. The van der Waals surface area contributed by atoms with Crippen LogP contribution < -0.4 is 5.84 Å². The van der Waals surface area contributed by atoms with Crippen molar-refractivity contribution >= 4 is 5.91 Å². The Hall–Kier alpha value is -0.650. The predicted molar refractivity (Wildman–Crippen MR) is 66.7 cm³/mol. The van der Waals surface area contributed by atoms with Gasteiger partial charge >= 0.3 is 0 Å². The van der Waals surface area contributed by atoms with Gasteiger partial charge in [-0.05, 0) is 47.6 Å². The topological polar surface area (TPSA) is 58.8 Å². The summed E-state index contributed by atoms with van der Waals surface area (Å²) in [4.78, 5) is 18.9. The van der Waals surface area contributed by atoms with E-state index in [1.807, 2.05) is 0 Å². The molecule has 1 rings (SSSR count). The lowest BCUT2D eigenvalue weighted by Crippen LogP contribution is -2.61. The number of rotatable bonds is 2. The van der Waals surface area contributed by atoms with Crippen molar-refractivity contribution in [1.29, 1.82) is 0 Å². The Morgan fingerprint density at radius 3 is 2.06 bits per heavy atom. The van der Waals surface area contributed by atoms with Gasteiger partial charge in [-0.1, -0.05) is 0 Å². The lowest BCUT2D eigenvalue weighted by atomic mass is 9.79. The standard InChI is InChI=1S/C12H25N3O2/c1-9(16)15(13)17-10-7-11(2,3)14(6)12(4,5)8-10/h10H,7-8,13H2,1-6H3. The summed E-state index contributed by atoms with van der Waals surface area (Å²) in [6.07, 6.45) is 1.69. The fraction of sp³-hybridized carbons (Fsp3) is 0.917. The molecule has 0 bridgehead atoms. The second-order valence-electron chi connectivity index (χ2n) is 6.16. The minimum atomic E-state index is -0.278. The van der Waals surface area contributed by atoms with Crippen molar-refractivity contribution in [2.45, 2.75) is 64.6 Å². The second-order valence-corrected chi connectivity index (χ2v) is 6.16. The number of hydroxylamine groups is 1. The van der Waals surface area contributed by atoms with Crippen molar-refractivity contribution in [2.75, 3.05) is 7.05 Å². The summed E-state index contributed by atoms with van der Waals surface area (Å²) in [5.41, 5.74) is 0.0636. The first-order valence-electron chi connectivity index (χ1n) is 6.02. The van der Waals surface area contributed by atoms with E-state index in [2.05, 4.69) is 39.6 Å². The van der Waals surface area contributed by atoms with Crippen LogP contribution in [0, 0.1) is 0 Å². The van der Waals surface area contributed by atoms with E-state index in [0.29, 0.717) is 0 Å². The predicted octanol–water partition coefficient (Wildman–Crippen LogP) is 1.29. The van der Waals surface area contributed by atoms with Gasteiger partial charge in [0.15, 0.2) is 0 Å². The summed E-state index contributed by atoms with van der Waals surface area (Å²) in [5.74, 6) is 5.23. The summed E-state index contributed by atoms with van der Waals surface area (Å²) >= 11 is 0. The van der Waals surface area contributed by atoms with E-state index in [9.17, 15) is 4.79 Å². The Bertz CT molecular complexity index is 284. The molecular weight excluding hydrogens is 218 g/mol. The fourth-order valence-electron chi connectivity index (χ4n) is 2.59. The molecule has 5 nitrogen and oxygen atoms in total. The minimum Gasteiger partial charge on any atom is -0.296 e. The molecule has 0 spiro atoms. The van der Waals surface area contributed by atoms with Crippen LogP contribution in [0.1, 0.15) is 47.5 Å². The molecule has 0 atom stereocenters. The van der Waals surface area contributed by atoms with E-state index < -0.39 is 0 Å². The molecule has 100 valence electrons. The molecule has 0 aromatic carbocycles. The van der Waals surface area contributed by atoms with E-state index in [-0.39, 0.29) is 23.1 Å². The van der Waals surface area contributed by atoms with Crippen LogP contribution in [-0.4, -0.2) is 40.2 Å². The van der Waals surface area contributed by atoms with Crippen molar-refractivity contribution in [2.24, 2.45) is 5.84 Å². The van der Waals surface area contributed by atoms with Gasteiger partial charge in [-0.15, -0.1) is 0 Å². The molecule has 1 saturated heterocycles. The zero-order chi connectivity index (χ0) is 13.4. The number of amides is 1. The third-order valence-corrected chi connectivity index (χ3v) is 3.84. The van der Waals surface area contributed by atoms with E-state index in [1.165, 1.54) is 6.92 Å². The van der Waals surface area contributed by atoms with Crippen LogP contribution in [0.3, 0.4) is 0 Å². The van der Waals surface area contributed by atoms with Crippen LogP contribution in [0.25, 0.3) is 0 Å². The summed E-state index contributed by atoms with van der Waals surface area (Å²) in [7, 11) is 2.13. The Balaban J connectivity index is 2.75. The monoisotopic (exact) mass is 243 g/mol. The van der Waals surface area contributed by atoms with E-state index in [0.717, 1.165) is 18.0 Å². The van der Waals surface area contributed by atoms with Crippen molar-refractivity contribution in [1.82, 2.24) is 10.1 Å². The first-order chi connectivity index (χ1) is 7.56. The normalized spacial score (nSPS) is 24.6. The highest BCUT2D eigenvalue weighted by molar-refractivity contribution is 5.71. The van der Waals surface area contributed by atoms with Gasteiger partial charge in [0.1, 0.15) is 0 Å². The molecule has 1 aliphatic heterocycles. The maximum absolute atomic E-state index is 11.1. The molecule has 1 amide bonds. The Morgan fingerprint density at radius 1 is 1.29 bits per heavy atom. The molecule has 0 radical (unpaired) electrons. The summed E-state index contributed by atoms with van der Waals surface area (Å²) in [5, 5.41) is 0.849. The van der Waals surface area contributed by atoms with Crippen LogP contribution in [0.4, 0.5) is 0 Å². The van der Waals surface area contributed by atoms with Crippen LogP contribution in [-0.2, 0) is 9.63 Å². The molecule has 0 saturated carbocycles. The highest BCUT2D eigenvalue weighted by Gasteiger charge is 2.44. The van der Waals surface area contributed by atoms with Gasteiger partial charge in [0, 0.05) is 18.0 Å². The smallest absolute Gasteiger partial charge is 0.257 e. The maximum Gasteiger partial charge on any atom is 0.257 e. The number of nitrogens with zero attached hydrogens (tertiary/aromatic N) is 2. The van der Waals surface area contributed by atoms with Gasteiger partial charge < -0.3 is 0 Å². The van der Waals surface area contributed by atoms with Gasteiger partial charge in [0.2, 0.25) is 0 Å². The van der Waals surface area contributed by atoms with Gasteiger partial charge in [-0.25, -0.2) is 5.84 Å². The highest BCUT2D eigenvalue weighted by atomic mass is 16.7. The number of hydrazine groups is 1. The third kappa shape index (κ3) is 3.18. The molecular formula is C12H25N3O2. The molecule has 5 heteroatoms. The number of hydrogen-bond donors (Lipinski definition) is 1. The average Bonchev–Trinajstić information content (AvgIpc) is 2.12. The summed E-state index contributed by atoms with van der Waals surface area (Å²) in [6, 6.07) is 0. The number of hydrogen-bond acceptors (Lipinski definition) is 4. The molecule has 0 aromatic heterocycles. The fourth-order valence-corrected chi connectivity index (χ4v) is 2.59. The van der Waals surface area contributed by atoms with Crippen LogP contribution in [0.2, 0.25) is 0 Å². The summed E-state index contributed by atoms with van der Waals surface area (Å²) in [6.45, 7) is 10.1. The first-order valence-corrected chi connectivity index (χ1v) is 6.02. The van der Waals surface area contributed by atoms with Crippen molar-refractivity contribution < 1.29 is 9.63 Å². The van der Waals surface area contributed by atoms with Gasteiger partial charge in [0.25, 0.3) is 5.91 Å². The zero-order valence-electron chi connectivity index (χ0n) is 11.8. The van der Waals surface area contributed by atoms with E-state index >= 15 is 0 Å². The van der Waals surface area contributed by atoms with Crippen molar-refractivity contribution in [3.05, 3.63) is 0 Å². The van der Waals surface area contributed by atoms with Crippen LogP contribution in [0.5, 0.6) is 0 Å². The quantitative estimate of drug-likeness (QED) is 0.451.